The van der Waals surface area contributed by atoms with Crippen molar-refractivity contribution in [2.24, 2.45) is 0 Å². The molecule has 166 valence electrons. The highest BCUT2D eigenvalue weighted by atomic mass is 79.9. The molecule has 0 aromatic heterocycles. The third kappa shape index (κ3) is 8.30. The molecule has 0 aliphatic rings. The molecule has 0 saturated carbocycles. The lowest BCUT2D eigenvalue weighted by atomic mass is 10.1. The molecule has 0 spiro atoms. The Hall–Kier alpha value is -0.940. The summed E-state index contributed by atoms with van der Waals surface area (Å²) in [7, 11) is 0. The van der Waals surface area contributed by atoms with Gasteiger partial charge in [0, 0.05) is 22.2 Å². The Morgan fingerprint density at radius 2 is 1.63 bits per heavy atom. The fourth-order valence-electron chi connectivity index (χ4n) is 3.20. The summed E-state index contributed by atoms with van der Waals surface area (Å²) in [4.78, 5) is 0. The minimum atomic E-state index is 0.271. The van der Waals surface area contributed by atoms with Crippen LogP contribution in [0.15, 0.2) is 34.8 Å². The van der Waals surface area contributed by atoms with Crippen molar-refractivity contribution in [3.05, 3.63) is 56.0 Å². The van der Waals surface area contributed by atoms with Crippen LogP contribution in [0, 0.1) is 0 Å². The second-order valence-corrected chi connectivity index (χ2v) is 8.94. The first-order chi connectivity index (χ1) is 14.6. The van der Waals surface area contributed by atoms with E-state index in [1.807, 2.05) is 31.2 Å². The molecule has 3 nitrogen and oxygen atoms in total. The van der Waals surface area contributed by atoms with Gasteiger partial charge in [0.2, 0.25) is 0 Å². The molecule has 0 atom stereocenters. The van der Waals surface area contributed by atoms with Gasteiger partial charge in [0.05, 0.1) is 11.1 Å². The van der Waals surface area contributed by atoms with E-state index in [1.165, 1.54) is 38.5 Å². The number of hydrogen-bond donors (Lipinski definition) is 1. The number of benzene rings is 2. The van der Waals surface area contributed by atoms with E-state index in [9.17, 15) is 0 Å². The van der Waals surface area contributed by atoms with Gasteiger partial charge in [-0.05, 0) is 65.6 Å². The van der Waals surface area contributed by atoms with Crippen LogP contribution in [-0.2, 0) is 13.2 Å². The molecule has 2 aromatic carbocycles. The second-order valence-electron chi connectivity index (χ2n) is 7.27. The SMILES string of the molecule is CCCCCCCCNCc1cc(Br)c(OCc2c(Cl)cccc2Cl)c(OCC)c1. The van der Waals surface area contributed by atoms with Crippen molar-refractivity contribution in [3.63, 3.8) is 0 Å². The average Bonchev–Trinajstić information content (AvgIpc) is 2.71. The number of hydrogen-bond acceptors (Lipinski definition) is 3. The summed E-state index contributed by atoms with van der Waals surface area (Å²) in [5, 5.41) is 4.71. The number of nitrogens with one attached hydrogen (secondary N) is 1. The summed E-state index contributed by atoms with van der Waals surface area (Å²) in [5.41, 5.74) is 1.92. The highest BCUT2D eigenvalue weighted by molar-refractivity contribution is 9.10. The van der Waals surface area contributed by atoms with Gasteiger partial charge < -0.3 is 14.8 Å². The molecule has 0 radical (unpaired) electrons. The topological polar surface area (TPSA) is 30.5 Å². The summed E-state index contributed by atoms with van der Waals surface area (Å²) in [6.45, 7) is 6.86. The van der Waals surface area contributed by atoms with Gasteiger partial charge in [0.15, 0.2) is 11.5 Å². The zero-order chi connectivity index (χ0) is 21.8. The number of halogens is 3. The highest BCUT2D eigenvalue weighted by Gasteiger charge is 2.14. The van der Waals surface area contributed by atoms with Crippen LogP contribution < -0.4 is 14.8 Å². The lowest BCUT2D eigenvalue weighted by molar-refractivity contribution is 0.267. The standard InChI is InChI=1S/C24H32BrCl2NO2/c1-3-5-6-7-8-9-13-28-16-18-14-20(25)24(23(15-18)29-4-2)30-17-19-21(26)11-10-12-22(19)27/h10-12,14-15,28H,3-9,13,16-17H2,1-2H3. The van der Waals surface area contributed by atoms with Gasteiger partial charge in [-0.2, -0.15) is 0 Å². The molecule has 0 fully saturated rings. The molecular weight excluding hydrogens is 485 g/mol. The van der Waals surface area contributed by atoms with Gasteiger partial charge in [-0.1, -0.05) is 68.3 Å². The molecular formula is C24H32BrCl2NO2. The summed E-state index contributed by atoms with van der Waals surface area (Å²) in [5.74, 6) is 1.37. The molecule has 6 heteroatoms. The number of unbranched alkanes of at least 4 members (excludes halogenated alkanes) is 5. The quantitative estimate of drug-likeness (QED) is 0.257. The Labute approximate surface area is 199 Å². The molecule has 0 saturated heterocycles. The van der Waals surface area contributed by atoms with Gasteiger partial charge in [0.25, 0.3) is 0 Å². The van der Waals surface area contributed by atoms with Gasteiger partial charge in [-0.25, -0.2) is 0 Å². The van der Waals surface area contributed by atoms with Crippen molar-refractivity contribution in [3.8, 4) is 11.5 Å². The minimum Gasteiger partial charge on any atom is -0.490 e. The van der Waals surface area contributed by atoms with Gasteiger partial charge in [-0.15, -0.1) is 0 Å². The van der Waals surface area contributed by atoms with Crippen molar-refractivity contribution in [1.29, 1.82) is 0 Å². The molecule has 2 rings (SSSR count). The van der Waals surface area contributed by atoms with Gasteiger partial charge in [0.1, 0.15) is 6.61 Å². The highest BCUT2D eigenvalue weighted by Crippen LogP contribution is 2.38. The molecule has 0 heterocycles. The largest absolute Gasteiger partial charge is 0.490 e. The summed E-state index contributed by atoms with van der Waals surface area (Å²) < 4.78 is 12.7. The Morgan fingerprint density at radius 3 is 2.33 bits per heavy atom. The molecule has 2 aromatic rings. The lowest BCUT2D eigenvalue weighted by Gasteiger charge is -2.17. The van der Waals surface area contributed by atoms with Crippen molar-refractivity contribution in [2.75, 3.05) is 13.2 Å². The van der Waals surface area contributed by atoms with Crippen LogP contribution in [0.5, 0.6) is 11.5 Å². The van der Waals surface area contributed by atoms with Crippen LogP contribution in [0.25, 0.3) is 0 Å². The Kier molecular flexibility index (Phi) is 12.0. The van der Waals surface area contributed by atoms with Gasteiger partial charge >= 0.3 is 0 Å². The monoisotopic (exact) mass is 515 g/mol. The maximum atomic E-state index is 6.26. The zero-order valence-corrected chi connectivity index (χ0v) is 21.0. The smallest absolute Gasteiger partial charge is 0.175 e. The maximum Gasteiger partial charge on any atom is 0.175 e. The van der Waals surface area contributed by atoms with E-state index in [-0.39, 0.29) is 6.61 Å². The molecule has 0 aliphatic heterocycles. The summed E-state index contributed by atoms with van der Waals surface area (Å²) in [6, 6.07) is 9.54. The lowest BCUT2D eigenvalue weighted by Crippen LogP contribution is -2.15. The Balaban J connectivity index is 1.94. The molecule has 0 amide bonds. The fraction of sp³-hybridized carbons (Fsp3) is 0.500. The van der Waals surface area contributed by atoms with E-state index in [2.05, 4.69) is 34.2 Å². The van der Waals surface area contributed by atoms with E-state index in [1.54, 1.807) is 0 Å². The molecule has 30 heavy (non-hydrogen) atoms. The Morgan fingerprint density at radius 1 is 0.933 bits per heavy atom. The number of rotatable bonds is 14. The first kappa shape index (κ1) is 25.3. The van der Waals surface area contributed by atoms with Crippen LogP contribution in [-0.4, -0.2) is 13.2 Å². The molecule has 1 N–H and O–H groups in total. The first-order valence-corrected chi connectivity index (χ1v) is 12.3. The van der Waals surface area contributed by atoms with Crippen molar-refractivity contribution >= 4 is 39.1 Å². The Bertz CT molecular complexity index is 766. The normalized spacial score (nSPS) is 11.0. The second kappa shape index (κ2) is 14.2. The zero-order valence-electron chi connectivity index (χ0n) is 17.9. The third-order valence-electron chi connectivity index (χ3n) is 4.83. The van der Waals surface area contributed by atoms with Crippen molar-refractivity contribution in [2.45, 2.75) is 65.5 Å². The predicted molar refractivity (Wildman–Crippen MR) is 131 cm³/mol. The van der Waals surface area contributed by atoms with Crippen LogP contribution in [0.4, 0.5) is 0 Å². The van der Waals surface area contributed by atoms with Crippen LogP contribution in [0.3, 0.4) is 0 Å². The predicted octanol–water partition coefficient (Wildman–Crippen LogP) is 8.18. The average molecular weight is 517 g/mol. The number of ether oxygens (including phenoxy) is 2. The van der Waals surface area contributed by atoms with Crippen molar-refractivity contribution in [1.82, 2.24) is 5.32 Å². The van der Waals surface area contributed by atoms with Crippen LogP contribution in [0.1, 0.15) is 63.5 Å². The maximum absolute atomic E-state index is 6.26. The van der Waals surface area contributed by atoms with E-state index in [4.69, 9.17) is 32.7 Å². The van der Waals surface area contributed by atoms with E-state index < -0.39 is 0 Å². The van der Waals surface area contributed by atoms with Crippen LogP contribution >= 0.6 is 39.1 Å². The van der Waals surface area contributed by atoms with Crippen molar-refractivity contribution < 1.29 is 9.47 Å². The summed E-state index contributed by atoms with van der Waals surface area (Å²) in [6.07, 6.45) is 7.82. The van der Waals surface area contributed by atoms with E-state index in [0.29, 0.717) is 28.2 Å². The fourth-order valence-corrected chi connectivity index (χ4v) is 4.31. The third-order valence-corrected chi connectivity index (χ3v) is 6.13. The van der Waals surface area contributed by atoms with E-state index >= 15 is 0 Å². The van der Waals surface area contributed by atoms with Crippen LogP contribution in [0.2, 0.25) is 10.0 Å². The van der Waals surface area contributed by atoms with Gasteiger partial charge in [-0.3, -0.25) is 0 Å². The minimum absolute atomic E-state index is 0.271. The molecule has 0 bridgehead atoms. The van der Waals surface area contributed by atoms with E-state index in [0.717, 1.165) is 28.7 Å². The molecule has 0 aliphatic carbocycles. The molecule has 0 unspecified atom stereocenters. The first-order valence-electron chi connectivity index (χ1n) is 10.8. The summed E-state index contributed by atoms with van der Waals surface area (Å²) >= 11 is 16.2.